The van der Waals surface area contributed by atoms with E-state index in [1.54, 1.807) is 0 Å². The number of benzene rings is 1. The van der Waals surface area contributed by atoms with E-state index < -0.39 is 0 Å². The zero-order valence-electron chi connectivity index (χ0n) is 12.4. The second-order valence-corrected chi connectivity index (χ2v) is 5.33. The molecule has 4 heteroatoms. The van der Waals surface area contributed by atoms with Gasteiger partial charge in [0.25, 0.3) is 5.91 Å². The van der Waals surface area contributed by atoms with Gasteiger partial charge in [-0.25, -0.2) is 0 Å². The van der Waals surface area contributed by atoms with Gasteiger partial charge in [-0.3, -0.25) is 4.79 Å². The standard InChI is InChI=1S/C16H23N3O/c1-4-11(5-2)10(3)18-16(20)14-9-12-7-6-8-13(17)15(12)19-14/h6-11,19H,4-5,17H2,1-3H3,(H,18,20). The maximum Gasteiger partial charge on any atom is 0.267 e. The lowest BCUT2D eigenvalue weighted by molar-refractivity contribution is 0.0921. The molecule has 0 bridgehead atoms. The molecule has 2 rings (SSSR count). The molecule has 0 saturated carbocycles. The Balaban J connectivity index is 2.17. The molecule has 108 valence electrons. The van der Waals surface area contributed by atoms with Crippen molar-refractivity contribution in [3.8, 4) is 0 Å². The Labute approximate surface area is 119 Å². The van der Waals surface area contributed by atoms with Gasteiger partial charge in [-0.05, 0) is 25.0 Å². The van der Waals surface area contributed by atoms with E-state index in [1.807, 2.05) is 24.3 Å². The maximum absolute atomic E-state index is 12.3. The highest BCUT2D eigenvalue weighted by atomic mass is 16.1. The molecule has 1 aromatic carbocycles. The third-order valence-corrected chi connectivity index (χ3v) is 4.05. The number of aromatic nitrogens is 1. The van der Waals surface area contributed by atoms with Crippen molar-refractivity contribution < 1.29 is 4.79 Å². The predicted octanol–water partition coefficient (Wildman–Crippen LogP) is 3.30. The van der Waals surface area contributed by atoms with Crippen molar-refractivity contribution in [2.45, 2.75) is 39.7 Å². The number of carbonyl (C=O) groups excluding carboxylic acids is 1. The van der Waals surface area contributed by atoms with Crippen molar-refractivity contribution in [2.75, 3.05) is 5.73 Å². The number of nitrogen functional groups attached to an aromatic ring is 1. The van der Waals surface area contributed by atoms with E-state index in [9.17, 15) is 4.79 Å². The molecular weight excluding hydrogens is 250 g/mol. The lowest BCUT2D eigenvalue weighted by Gasteiger charge is -2.22. The first kappa shape index (κ1) is 14.4. The van der Waals surface area contributed by atoms with Gasteiger partial charge in [-0.1, -0.05) is 38.8 Å². The Morgan fingerprint density at radius 1 is 1.35 bits per heavy atom. The van der Waals surface area contributed by atoms with E-state index in [2.05, 4.69) is 31.1 Å². The molecule has 0 aliphatic carbocycles. The molecule has 1 aromatic heterocycles. The molecule has 0 fully saturated rings. The summed E-state index contributed by atoms with van der Waals surface area (Å²) in [5.41, 5.74) is 7.95. The van der Waals surface area contributed by atoms with E-state index in [0.717, 1.165) is 23.7 Å². The molecule has 1 unspecified atom stereocenters. The van der Waals surface area contributed by atoms with Crippen LogP contribution in [0.5, 0.6) is 0 Å². The van der Waals surface area contributed by atoms with Crippen molar-refractivity contribution in [3.05, 3.63) is 30.0 Å². The Morgan fingerprint density at radius 2 is 2.05 bits per heavy atom. The van der Waals surface area contributed by atoms with Crippen LogP contribution in [0.3, 0.4) is 0 Å². The van der Waals surface area contributed by atoms with Crippen LogP contribution in [0.2, 0.25) is 0 Å². The van der Waals surface area contributed by atoms with Crippen LogP contribution in [-0.2, 0) is 0 Å². The van der Waals surface area contributed by atoms with Crippen molar-refractivity contribution in [3.63, 3.8) is 0 Å². The number of fused-ring (bicyclic) bond motifs is 1. The highest BCUT2D eigenvalue weighted by Crippen LogP contribution is 2.21. The molecule has 0 aliphatic rings. The van der Waals surface area contributed by atoms with Crippen molar-refractivity contribution in [2.24, 2.45) is 5.92 Å². The van der Waals surface area contributed by atoms with Gasteiger partial charge in [0, 0.05) is 11.4 Å². The van der Waals surface area contributed by atoms with Gasteiger partial charge >= 0.3 is 0 Å². The van der Waals surface area contributed by atoms with Crippen molar-refractivity contribution in [1.29, 1.82) is 0 Å². The van der Waals surface area contributed by atoms with Crippen LogP contribution in [0.15, 0.2) is 24.3 Å². The Morgan fingerprint density at radius 3 is 2.65 bits per heavy atom. The van der Waals surface area contributed by atoms with E-state index in [1.165, 1.54) is 0 Å². The first-order valence-corrected chi connectivity index (χ1v) is 7.24. The summed E-state index contributed by atoms with van der Waals surface area (Å²) >= 11 is 0. The quantitative estimate of drug-likeness (QED) is 0.731. The fourth-order valence-corrected chi connectivity index (χ4v) is 2.70. The predicted molar refractivity (Wildman–Crippen MR) is 83.7 cm³/mol. The highest BCUT2D eigenvalue weighted by Gasteiger charge is 2.18. The zero-order chi connectivity index (χ0) is 14.7. The summed E-state index contributed by atoms with van der Waals surface area (Å²) in [7, 11) is 0. The number of H-pyrrole nitrogens is 1. The molecule has 0 radical (unpaired) electrons. The largest absolute Gasteiger partial charge is 0.397 e. The summed E-state index contributed by atoms with van der Waals surface area (Å²) in [6, 6.07) is 7.68. The van der Waals surface area contributed by atoms with Crippen LogP contribution in [0, 0.1) is 5.92 Å². The molecule has 0 aliphatic heterocycles. The minimum atomic E-state index is -0.0694. The SMILES string of the molecule is CCC(CC)C(C)NC(=O)c1cc2cccc(N)c2[nH]1. The molecule has 4 N–H and O–H groups in total. The second kappa shape index (κ2) is 5.99. The number of nitrogens with one attached hydrogen (secondary N) is 2. The molecule has 20 heavy (non-hydrogen) atoms. The number of carbonyl (C=O) groups is 1. The number of para-hydroxylation sites is 1. The molecule has 2 aromatic rings. The number of hydrogen-bond donors (Lipinski definition) is 3. The number of hydrogen-bond acceptors (Lipinski definition) is 2. The molecule has 0 spiro atoms. The summed E-state index contributed by atoms with van der Waals surface area (Å²) in [6.07, 6.45) is 2.13. The average Bonchev–Trinajstić information content (AvgIpc) is 2.85. The van der Waals surface area contributed by atoms with Gasteiger partial charge in [-0.15, -0.1) is 0 Å². The summed E-state index contributed by atoms with van der Waals surface area (Å²) in [4.78, 5) is 15.4. The van der Waals surface area contributed by atoms with Crippen LogP contribution < -0.4 is 11.1 Å². The lowest BCUT2D eigenvalue weighted by Crippen LogP contribution is -2.37. The molecule has 4 nitrogen and oxygen atoms in total. The number of anilines is 1. The lowest BCUT2D eigenvalue weighted by atomic mass is 9.95. The van der Waals surface area contributed by atoms with Gasteiger partial charge in [0.2, 0.25) is 0 Å². The van der Waals surface area contributed by atoms with Crippen LogP contribution in [0.25, 0.3) is 10.9 Å². The molecular formula is C16H23N3O. The first-order valence-electron chi connectivity index (χ1n) is 7.24. The monoisotopic (exact) mass is 273 g/mol. The van der Waals surface area contributed by atoms with Crippen LogP contribution in [-0.4, -0.2) is 16.9 Å². The van der Waals surface area contributed by atoms with Gasteiger partial charge in [0.1, 0.15) is 5.69 Å². The molecule has 1 heterocycles. The minimum Gasteiger partial charge on any atom is -0.397 e. The average molecular weight is 273 g/mol. The third kappa shape index (κ3) is 2.79. The molecule has 1 amide bonds. The Kier molecular flexibility index (Phi) is 4.32. The van der Waals surface area contributed by atoms with Gasteiger partial charge in [0.05, 0.1) is 11.2 Å². The number of aromatic amines is 1. The number of rotatable bonds is 5. The van der Waals surface area contributed by atoms with Crippen LogP contribution in [0.1, 0.15) is 44.1 Å². The van der Waals surface area contributed by atoms with Gasteiger partial charge in [-0.2, -0.15) is 0 Å². The zero-order valence-corrected chi connectivity index (χ0v) is 12.4. The van der Waals surface area contributed by atoms with Crippen LogP contribution >= 0.6 is 0 Å². The second-order valence-electron chi connectivity index (χ2n) is 5.33. The van der Waals surface area contributed by atoms with Crippen molar-refractivity contribution >= 4 is 22.5 Å². The maximum atomic E-state index is 12.3. The van der Waals surface area contributed by atoms with Gasteiger partial charge < -0.3 is 16.0 Å². The first-order chi connectivity index (χ1) is 9.56. The molecule has 0 saturated heterocycles. The van der Waals surface area contributed by atoms with Gasteiger partial charge in [0.15, 0.2) is 0 Å². The smallest absolute Gasteiger partial charge is 0.267 e. The number of nitrogens with two attached hydrogens (primary N) is 1. The fourth-order valence-electron chi connectivity index (χ4n) is 2.70. The summed E-state index contributed by atoms with van der Waals surface area (Å²) in [5.74, 6) is 0.438. The van der Waals surface area contributed by atoms with Crippen LogP contribution in [0.4, 0.5) is 5.69 Å². The minimum absolute atomic E-state index is 0.0694. The van der Waals surface area contributed by atoms with E-state index >= 15 is 0 Å². The summed E-state index contributed by atoms with van der Waals surface area (Å²) in [6.45, 7) is 6.37. The van der Waals surface area contributed by atoms with E-state index in [0.29, 0.717) is 17.3 Å². The topological polar surface area (TPSA) is 70.9 Å². The Bertz CT molecular complexity index is 599. The van der Waals surface area contributed by atoms with E-state index in [-0.39, 0.29) is 11.9 Å². The van der Waals surface area contributed by atoms with E-state index in [4.69, 9.17) is 5.73 Å². The molecule has 1 atom stereocenters. The normalized spacial score (nSPS) is 12.8. The van der Waals surface area contributed by atoms with Crippen molar-refractivity contribution in [1.82, 2.24) is 10.3 Å². The summed E-state index contributed by atoms with van der Waals surface area (Å²) < 4.78 is 0. The summed E-state index contributed by atoms with van der Waals surface area (Å²) in [5, 5.41) is 4.03. The highest BCUT2D eigenvalue weighted by molar-refractivity contribution is 6.00. The third-order valence-electron chi connectivity index (χ3n) is 4.05. The Hall–Kier alpha value is -1.97. The number of amides is 1. The fraction of sp³-hybridized carbons (Fsp3) is 0.438.